The van der Waals surface area contributed by atoms with Crippen LogP contribution in [0.1, 0.15) is 27.3 Å². The summed E-state index contributed by atoms with van der Waals surface area (Å²) in [6.45, 7) is 3.27. The first-order chi connectivity index (χ1) is 12.0. The van der Waals surface area contributed by atoms with Gasteiger partial charge in [-0.05, 0) is 42.3 Å². The van der Waals surface area contributed by atoms with Gasteiger partial charge in [0.1, 0.15) is 5.82 Å². The molecule has 0 fully saturated rings. The second kappa shape index (κ2) is 7.53. The lowest BCUT2D eigenvalue weighted by Crippen LogP contribution is -2.26. The van der Waals surface area contributed by atoms with Gasteiger partial charge in [-0.25, -0.2) is 4.98 Å². The number of halogens is 1. The van der Waals surface area contributed by atoms with Crippen molar-refractivity contribution in [3.63, 3.8) is 0 Å². The summed E-state index contributed by atoms with van der Waals surface area (Å²) in [5, 5.41) is 0.696. The van der Waals surface area contributed by atoms with Crippen LogP contribution in [0.3, 0.4) is 0 Å². The van der Waals surface area contributed by atoms with E-state index >= 15 is 0 Å². The summed E-state index contributed by atoms with van der Waals surface area (Å²) in [7, 11) is 1.81. The number of hydrogen-bond acceptors (Lipinski definition) is 2. The SMILES string of the molecule is Cc1nccn1Cc1ccc(C(=O)N(C)Cc2ccc(Cl)cc2)cc1. The van der Waals surface area contributed by atoms with Crippen molar-refractivity contribution in [1.82, 2.24) is 14.5 Å². The van der Waals surface area contributed by atoms with Gasteiger partial charge in [0.15, 0.2) is 0 Å². The number of imidazole rings is 1. The van der Waals surface area contributed by atoms with E-state index < -0.39 is 0 Å². The normalized spacial score (nSPS) is 10.7. The van der Waals surface area contributed by atoms with E-state index in [9.17, 15) is 4.79 Å². The molecule has 4 nitrogen and oxygen atoms in total. The Bertz CT molecular complexity index is 853. The molecule has 0 saturated carbocycles. The minimum atomic E-state index is 0.000288. The summed E-state index contributed by atoms with van der Waals surface area (Å²) in [5.41, 5.74) is 2.87. The quantitative estimate of drug-likeness (QED) is 0.690. The molecule has 0 radical (unpaired) electrons. The van der Waals surface area contributed by atoms with Gasteiger partial charge in [0.2, 0.25) is 0 Å². The molecule has 0 saturated heterocycles. The average Bonchev–Trinajstić information content (AvgIpc) is 3.02. The first-order valence-electron chi connectivity index (χ1n) is 8.09. The minimum Gasteiger partial charge on any atom is -0.337 e. The van der Waals surface area contributed by atoms with Crippen LogP contribution in [0.4, 0.5) is 0 Å². The molecule has 0 N–H and O–H groups in total. The van der Waals surface area contributed by atoms with Gasteiger partial charge in [0.05, 0.1) is 0 Å². The van der Waals surface area contributed by atoms with Crippen molar-refractivity contribution in [3.05, 3.63) is 88.5 Å². The molecular formula is C20H20ClN3O. The molecule has 3 aromatic rings. The maximum atomic E-state index is 12.6. The summed E-state index contributed by atoms with van der Waals surface area (Å²) in [5.74, 6) is 0.975. The van der Waals surface area contributed by atoms with E-state index in [1.807, 2.05) is 61.7 Å². The van der Waals surface area contributed by atoms with E-state index in [0.717, 1.165) is 23.5 Å². The number of rotatable bonds is 5. The van der Waals surface area contributed by atoms with Gasteiger partial charge < -0.3 is 9.47 Å². The number of hydrogen-bond donors (Lipinski definition) is 0. The molecule has 1 aromatic heterocycles. The van der Waals surface area contributed by atoms with Gasteiger partial charge in [-0.3, -0.25) is 4.79 Å². The monoisotopic (exact) mass is 353 g/mol. The number of nitrogens with zero attached hydrogens (tertiary/aromatic N) is 3. The summed E-state index contributed by atoms with van der Waals surface area (Å²) in [6.07, 6.45) is 3.74. The Kier molecular flexibility index (Phi) is 5.19. The van der Waals surface area contributed by atoms with Crippen LogP contribution in [-0.4, -0.2) is 27.4 Å². The number of benzene rings is 2. The van der Waals surface area contributed by atoms with E-state index in [1.54, 1.807) is 18.1 Å². The van der Waals surface area contributed by atoms with Crippen LogP contribution >= 0.6 is 11.6 Å². The molecule has 0 aliphatic heterocycles. The van der Waals surface area contributed by atoms with Gasteiger partial charge >= 0.3 is 0 Å². The Hall–Kier alpha value is -2.59. The Balaban J connectivity index is 1.65. The highest BCUT2D eigenvalue weighted by Crippen LogP contribution is 2.14. The van der Waals surface area contributed by atoms with Crippen molar-refractivity contribution in [3.8, 4) is 0 Å². The molecule has 128 valence electrons. The number of aromatic nitrogens is 2. The molecule has 0 unspecified atom stereocenters. The lowest BCUT2D eigenvalue weighted by molar-refractivity contribution is 0.0785. The molecule has 1 heterocycles. The highest BCUT2D eigenvalue weighted by atomic mass is 35.5. The van der Waals surface area contributed by atoms with Crippen molar-refractivity contribution in [2.24, 2.45) is 0 Å². The maximum Gasteiger partial charge on any atom is 0.253 e. The second-order valence-electron chi connectivity index (χ2n) is 6.09. The molecule has 3 rings (SSSR count). The largest absolute Gasteiger partial charge is 0.337 e. The molecule has 1 amide bonds. The number of carbonyl (C=O) groups excluding carboxylic acids is 1. The van der Waals surface area contributed by atoms with Crippen molar-refractivity contribution >= 4 is 17.5 Å². The standard InChI is InChI=1S/C20H20ClN3O/c1-15-22-11-12-24(15)14-17-3-7-18(8-4-17)20(25)23(2)13-16-5-9-19(21)10-6-16/h3-12H,13-14H2,1-2H3. The molecule has 0 atom stereocenters. The zero-order valence-corrected chi connectivity index (χ0v) is 15.1. The van der Waals surface area contributed by atoms with Gasteiger partial charge in [-0.2, -0.15) is 0 Å². The first kappa shape index (κ1) is 17.2. The van der Waals surface area contributed by atoms with Crippen molar-refractivity contribution in [2.75, 3.05) is 7.05 Å². The summed E-state index contributed by atoms with van der Waals surface area (Å²) in [4.78, 5) is 18.5. The van der Waals surface area contributed by atoms with Gasteiger partial charge in [-0.15, -0.1) is 0 Å². The maximum absolute atomic E-state index is 12.6. The number of carbonyl (C=O) groups is 1. The predicted molar refractivity (Wildman–Crippen MR) is 99.8 cm³/mol. The van der Waals surface area contributed by atoms with Crippen molar-refractivity contribution < 1.29 is 4.79 Å². The zero-order chi connectivity index (χ0) is 17.8. The fourth-order valence-corrected chi connectivity index (χ4v) is 2.80. The highest BCUT2D eigenvalue weighted by molar-refractivity contribution is 6.30. The fourth-order valence-electron chi connectivity index (χ4n) is 2.68. The van der Waals surface area contributed by atoms with Gasteiger partial charge in [0.25, 0.3) is 5.91 Å². The lowest BCUT2D eigenvalue weighted by Gasteiger charge is -2.17. The van der Waals surface area contributed by atoms with E-state index in [4.69, 9.17) is 11.6 Å². The van der Waals surface area contributed by atoms with E-state index in [-0.39, 0.29) is 5.91 Å². The first-order valence-corrected chi connectivity index (χ1v) is 8.47. The molecule has 0 aliphatic carbocycles. The molecule has 0 spiro atoms. The average molecular weight is 354 g/mol. The van der Waals surface area contributed by atoms with E-state index in [1.165, 1.54) is 0 Å². The third kappa shape index (κ3) is 4.28. The molecule has 0 aliphatic rings. The van der Waals surface area contributed by atoms with Crippen LogP contribution < -0.4 is 0 Å². The Morgan fingerprint density at radius 2 is 1.72 bits per heavy atom. The highest BCUT2D eigenvalue weighted by Gasteiger charge is 2.12. The fraction of sp³-hybridized carbons (Fsp3) is 0.200. The van der Waals surface area contributed by atoms with E-state index in [2.05, 4.69) is 9.55 Å². The third-order valence-corrected chi connectivity index (χ3v) is 4.41. The van der Waals surface area contributed by atoms with E-state index in [0.29, 0.717) is 17.1 Å². The van der Waals surface area contributed by atoms with Crippen LogP contribution in [0.15, 0.2) is 60.9 Å². The molecule has 2 aromatic carbocycles. The summed E-state index contributed by atoms with van der Waals surface area (Å²) < 4.78 is 2.07. The topological polar surface area (TPSA) is 38.1 Å². The third-order valence-electron chi connectivity index (χ3n) is 4.16. The molecule has 0 bridgehead atoms. The van der Waals surface area contributed by atoms with Crippen LogP contribution in [0.5, 0.6) is 0 Å². The molecule has 25 heavy (non-hydrogen) atoms. The molecule has 5 heteroatoms. The number of aryl methyl sites for hydroxylation is 1. The lowest BCUT2D eigenvalue weighted by atomic mass is 10.1. The molecular weight excluding hydrogens is 334 g/mol. The summed E-state index contributed by atoms with van der Waals surface area (Å²) in [6, 6.07) is 15.3. The Morgan fingerprint density at radius 1 is 1.08 bits per heavy atom. The van der Waals surface area contributed by atoms with Crippen LogP contribution in [0, 0.1) is 6.92 Å². The van der Waals surface area contributed by atoms with Crippen LogP contribution in [0.25, 0.3) is 0 Å². The van der Waals surface area contributed by atoms with Gasteiger partial charge in [-0.1, -0.05) is 35.9 Å². The summed E-state index contributed by atoms with van der Waals surface area (Å²) >= 11 is 5.90. The predicted octanol–water partition coefficient (Wildman–Crippen LogP) is 4.17. The number of amides is 1. The van der Waals surface area contributed by atoms with Gasteiger partial charge in [0, 0.05) is 43.1 Å². The van der Waals surface area contributed by atoms with Crippen LogP contribution in [-0.2, 0) is 13.1 Å². The van der Waals surface area contributed by atoms with Crippen molar-refractivity contribution in [2.45, 2.75) is 20.0 Å². The zero-order valence-electron chi connectivity index (χ0n) is 14.3. The minimum absolute atomic E-state index is 0.000288. The second-order valence-corrected chi connectivity index (χ2v) is 6.52. The van der Waals surface area contributed by atoms with Crippen molar-refractivity contribution in [1.29, 1.82) is 0 Å². The Morgan fingerprint density at radius 3 is 2.32 bits per heavy atom. The Labute approximate surface area is 152 Å². The van der Waals surface area contributed by atoms with Crippen LogP contribution in [0.2, 0.25) is 5.02 Å². The smallest absolute Gasteiger partial charge is 0.253 e.